The smallest absolute Gasteiger partial charge is 0.187 e. The molecule has 0 N–H and O–H groups in total. The van der Waals surface area contributed by atoms with Crippen molar-refractivity contribution in [3.63, 3.8) is 0 Å². The van der Waals surface area contributed by atoms with Crippen LogP contribution in [0, 0.1) is 46.3 Å². The minimum Gasteiger partial charge on any atom is -0.374 e. The lowest BCUT2D eigenvalue weighted by Crippen LogP contribution is -2.62. The molecule has 0 bridgehead atoms. The Kier molecular flexibility index (Phi) is 14.1. The van der Waals surface area contributed by atoms with Crippen LogP contribution in [-0.4, -0.2) is 61.9 Å². The minimum atomic E-state index is -0.711. The largest absolute Gasteiger partial charge is 0.374 e. The molecule has 4 aromatic rings. The number of benzene rings is 4. The molecule has 6 fully saturated rings. The molecule has 69 heavy (non-hydrogen) atoms. The van der Waals surface area contributed by atoms with E-state index < -0.39 is 30.7 Å². The number of allylic oxidation sites excluding steroid dienone is 1. The Morgan fingerprint density at radius 1 is 0.623 bits per heavy atom. The van der Waals surface area contributed by atoms with Gasteiger partial charge in [0.25, 0.3) is 0 Å². The fourth-order valence-electron chi connectivity index (χ4n) is 14.8. The highest BCUT2D eigenvalue weighted by Gasteiger charge is 2.68. The Balaban J connectivity index is 0.849. The van der Waals surface area contributed by atoms with Gasteiger partial charge in [0.1, 0.15) is 24.4 Å². The lowest BCUT2D eigenvalue weighted by Gasteiger charge is -2.58. The summed E-state index contributed by atoms with van der Waals surface area (Å²) >= 11 is 0. The van der Waals surface area contributed by atoms with Crippen LogP contribution in [0.1, 0.15) is 108 Å². The van der Waals surface area contributed by atoms with Gasteiger partial charge >= 0.3 is 0 Å². The summed E-state index contributed by atoms with van der Waals surface area (Å²) in [4.78, 5) is 0. The molecule has 0 aromatic heterocycles. The van der Waals surface area contributed by atoms with Gasteiger partial charge in [0.2, 0.25) is 0 Å². The first-order valence-corrected chi connectivity index (χ1v) is 26.6. The van der Waals surface area contributed by atoms with E-state index in [-0.39, 0.29) is 17.3 Å². The van der Waals surface area contributed by atoms with Crippen molar-refractivity contribution in [3.8, 4) is 0 Å². The van der Waals surface area contributed by atoms with E-state index in [1.54, 1.807) is 5.57 Å². The van der Waals surface area contributed by atoms with Crippen molar-refractivity contribution in [2.45, 2.75) is 161 Å². The van der Waals surface area contributed by atoms with E-state index in [2.05, 4.69) is 107 Å². The SMILES string of the molecule is C[C@@H]1CC[C@@]2(OC1)O[C@H]1C[C@H]3[C@@H]4CC=C5C[C@@H](O[C@H]6O[C@H](COCc7ccccc7)[C@@H](OCc7ccccc7)[C@H](OCc7ccccc7)[C@H]6OCc6ccccc6)CC[C@]5(C)[C@H]4CC[C@]3(C)[C@H]1[C@@H]2C. The lowest BCUT2D eigenvalue weighted by atomic mass is 9.47. The zero-order valence-electron chi connectivity index (χ0n) is 41.5. The van der Waals surface area contributed by atoms with Gasteiger partial charge in [-0.1, -0.05) is 161 Å². The van der Waals surface area contributed by atoms with Crippen LogP contribution in [-0.2, 0) is 64.3 Å². The van der Waals surface area contributed by atoms with Crippen molar-refractivity contribution >= 4 is 0 Å². The van der Waals surface area contributed by atoms with Gasteiger partial charge in [-0.2, -0.15) is 0 Å². The first-order valence-electron chi connectivity index (χ1n) is 26.6. The van der Waals surface area contributed by atoms with E-state index in [9.17, 15) is 0 Å². The Hall–Kier alpha value is -3.70. The standard InChI is InChI=1S/C61H76O8/c1-41-27-32-61(66-35-41)42(2)54-52(69-61)34-51-49-26-25-47-33-48(28-30-59(47,3)50(49)29-31-60(51,54)4)67-58-57(65-39-46-23-15-8-16-24-46)56(64-38-45-21-13-7-14-22-45)55(63-37-44-19-11-6-12-20-44)53(68-58)40-62-36-43-17-9-5-10-18-43/h5-25,41-42,48-58H,26-40H2,1-4H3/t41-,42+,48+,49-,50+,51+,52+,53-,54+,55-,56+,57-,58+,59+,60+,61-/m1/s1. The third-order valence-corrected chi connectivity index (χ3v) is 18.5. The summed E-state index contributed by atoms with van der Waals surface area (Å²) in [6.45, 7) is 12.8. The third-order valence-electron chi connectivity index (χ3n) is 18.5. The predicted octanol–water partition coefficient (Wildman–Crippen LogP) is 12.4. The fraction of sp³-hybridized carbons (Fsp3) is 0.574. The van der Waals surface area contributed by atoms with Gasteiger partial charge in [-0.25, -0.2) is 0 Å². The van der Waals surface area contributed by atoms with E-state index in [0.717, 1.165) is 61.0 Å². The predicted molar refractivity (Wildman–Crippen MR) is 266 cm³/mol. The molecule has 0 amide bonds. The Morgan fingerprint density at radius 2 is 1.22 bits per heavy atom. The van der Waals surface area contributed by atoms with Crippen molar-refractivity contribution in [1.29, 1.82) is 0 Å². The summed E-state index contributed by atoms with van der Waals surface area (Å²) in [5, 5.41) is 0. The van der Waals surface area contributed by atoms with Gasteiger partial charge in [0.15, 0.2) is 12.1 Å². The molecule has 3 saturated carbocycles. The van der Waals surface area contributed by atoms with Gasteiger partial charge in [0, 0.05) is 12.3 Å². The van der Waals surface area contributed by atoms with Gasteiger partial charge in [-0.05, 0) is 114 Å². The molecule has 4 aromatic carbocycles. The van der Waals surface area contributed by atoms with Gasteiger partial charge in [0.05, 0.1) is 51.8 Å². The second kappa shape index (κ2) is 20.4. The Morgan fingerprint density at radius 3 is 1.83 bits per heavy atom. The molecule has 0 radical (unpaired) electrons. The molecule has 3 saturated heterocycles. The van der Waals surface area contributed by atoms with Gasteiger partial charge in [-0.15, -0.1) is 0 Å². The molecular formula is C61H76O8. The highest BCUT2D eigenvalue weighted by atomic mass is 16.7. The van der Waals surface area contributed by atoms with Crippen LogP contribution in [0.25, 0.3) is 0 Å². The molecule has 3 aliphatic heterocycles. The molecule has 7 aliphatic rings. The van der Waals surface area contributed by atoms with Crippen LogP contribution in [0.15, 0.2) is 133 Å². The maximum atomic E-state index is 7.35. The monoisotopic (exact) mass is 937 g/mol. The maximum absolute atomic E-state index is 7.35. The van der Waals surface area contributed by atoms with E-state index in [1.165, 1.54) is 25.7 Å². The van der Waals surface area contributed by atoms with E-state index in [1.807, 2.05) is 48.5 Å². The van der Waals surface area contributed by atoms with Crippen LogP contribution < -0.4 is 0 Å². The normalized spacial score (nSPS) is 39.2. The molecule has 8 nitrogen and oxygen atoms in total. The Bertz CT molecular complexity index is 2300. The number of ether oxygens (including phenoxy) is 8. The highest BCUT2D eigenvalue weighted by molar-refractivity contribution is 5.27. The molecule has 16 atom stereocenters. The van der Waals surface area contributed by atoms with Crippen LogP contribution in [0.5, 0.6) is 0 Å². The average molecular weight is 937 g/mol. The third kappa shape index (κ3) is 9.59. The summed E-state index contributed by atoms with van der Waals surface area (Å²) in [6.07, 6.45) is 10.2. The Labute approximate surface area is 411 Å². The van der Waals surface area contributed by atoms with Crippen LogP contribution in [0.3, 0.4) is 0 Å². The summed E-state index contributed by atoms with van der Waals surface area (Å²) < 4.78 is 55.9. The minimum absolute atomic E-state index is 0.0282. The van der Waals surface area contributed by atoms with Gasteiger partial charge < -0.3 is 37.9 Å². The molecule has 11 rings (SSSR count). The van der Waals surface area contributed by atoms with E-state index in [4.69, 9.17) is 37.9 Å². The topological polar surface area (TPSA) is 73.8 Å². The highest BCUT2D eigenvalue weighted by Crippen LogP contribution is 2.70. The van der Waals surface area contributed by atoms with Crippen molar-refractivity contribution in [2.24, 2.45) is 46.3 Å². The number of fused-ring (bicyclic) bond motifs is 7. The van der Waals surface area contributed by atoms with Crippen molar-refractivity contribution in [3.05, 3.63) is 155 Å². The van der Waals surface area contributed by atoms with Crippen LogP contribution in [0.4, 0.5) is 0 Å². The number of rotatable bonds is 15. The van der Waals surface area contributed by atoms with Crippen molar-refractivity contribution in [1.82, 2.24) is 0 Å². The number of hydrogen-bond acceptors (Lipinski definition) is 8. The quantitative estimate of drug-likeness (QED) is 0.109. The van der Waals surface area contributed by atoms with Crippen molar-refractivity contribution < 1.29 is 37.9 Å². The zero-order chi connectivity index (χ0) is 47.0. The molecule has 3 heterocycles. The number of hydrogen-bond donors (Lipinski definition) is 0. The molecule has 0 unspecified atom stereocenters. The second-order valence-corrected chi connectivity index (χ2v) is 22.6. The van der Waals surface area contributed by atoms with Crippen LogP contribution >= 0.6 is 0 Å². The summed E-state index contributed by atoms with van der Waals surface area (Å²) in [5.41, 5.74) is 6.37. The molecule has 1 spiro atoms. The first kappa shape index (κ1) is 47.6. The summed E-state index contributed by atoms with van der Waals surface area (Å²) in [5.74, 6) is 3.29. The maximum Gasteiger partial charge on any atom is 0.187 e. The summed E-state index contributed by atoms with van der Waals surface area (Å²) in [6, 6.07) is 41.4. The average Bonchev–Trinajstić information content (AvgIpc) is 3.83. The zero-order valence-corrected chi connectivity index (χ0v) is 41.5. The van der Waals surface area contributed by atoms with Crippen LogP contribution in [0.2, 0.25) is 0 Å². The van der Waals surface area contributed by atoms with Gasteiger partial charge in [-0.3, -0.25) is 0 Å². The first-order chi connectivity index (χ1) is 33.7. The van der Waals surface area contributed by atoms with E-state index >= 15 is 0 Å². The molecule has 368 valence electrons. The van der Waals surface area contributed by atoms with Crippen molar-refractivity contribution in [2.75, 3.05) is 13.2 Å². The van der Waals surface area contributed by atoms with E-state index in [0.29, 0.717) is 80.1 Å². The fourth-order valence-corrected chi connectivity index (χ4v) is 14.8. The molecule has 4 aliphatic carbocycles. The lowest BCUT2D eigenvalue weighted by molar-refractivity contribution is -0.337. The summed E-state index contributed by atoms with van der Waals surface area (Å²) in [7, 11) is 0. The molecule has 8 heteroatoms. The second-order valence-electron chi connectivity index (χ2n) is 22.6. The molecular weight excluding hydrogens is 861 g/mol.